The van der Waals surface area contributed by atoms with Crippen LogP contribution >= 0.6 is 0 Å². The van der Waals surface area contributed by atoms with Gasteiger partial charge in [0.25, 0.3) is 0 Å². The van der Waals surface area contributed by atoms with E-state index in [1.165, 1.54) is 19.3 Å². The quantitative estimate of drug-likeness (QED) is 0.333. The Bertz CT molecular complexity index is 545. The molecule has 112 valence electrons. The van der Waals surface area contributed by atoms with Gasteiger partial charge in [0.05, 0.1) is 20.1 Å². The van der Waals surface area contributed by atoms with E-state index < -0.39 is 24.0 Å². The minimum atomic E-state index is -0.999. The van der Waals surface area contributed by atoms with E-state index in [0.29, 0.717) is 23.8 Å². The largest absolute Gasteiger partial charge is 0.493 e. The topological polar surface area (TPSA) is 69.7 Å². The molecule has 1 aromatic carbocycles. The molecule has 2 rings (SSSR count). The third-order valence-corrected chi connectivity index (χ3v) is 3.60. The average Bonchev–Trinajstić information content (AvgIpc) is 2.45. The molecule has 0 aliphatic heterocycles. The van der Waals surface area contributed by atoms with E-state index >= 15 is 0 Å². The summed E-state index contributed by atoms with van der Waals surface area (Å²) in [6.07, 6.45) is 3.14. The van der Waals surface area contributed by atoms with Crippen molar-refractivity contribution in [1.82, 2.24) is 0 Å². The molecule has 5 nitrogen and oxygen atoms in total. The van der Waals surface area contributed by atoms with Crippen molar-refractivity contribution >= 4 is 17.5 Å². The molecular weight excluding hydrogens is 272 g/mol. The number of methoxy groups -OCH3 is 1. The fourth-order valence-electron chi connectivity index (χ4n) is 2.07. The van der Waals surface area contributed by atoms with Crippen molar-refractivity contribution in [1.29, 1.82) is 0 Å². The molecule has 0 saturated heterocycles. The Morgan fingerprint density at radius 2 is 2.00 bits per heavy atom. The maximum atomic E-state index is 11.9. The summed E-state index contributed by atoms with van der Waals surface area (Å²) in [5.41, 5.74) is 0.360. The molecule has 1 aliphatic carbocycles. The van der Waals surface area contributed by atoms with Crippen LogP contribution in [-0.4, -0.2) is 31.3 Å². The first-order valence-electron chi connectivity index (χ1n) is 6.97. The van der Waals surface area contributed by atoms with Crippen LogP contribution in [0, 0.1) is 5.92 Å². The summed E-state index contributed by atoms with van der Waals surface area (Å²) < 4.78 is 9.94. The van der Waals surface area contributed by atoms with Gasteiger partial charge < -0.3 is 9.47 Å². The molecule has 0 amide bonds. The van der Waals surface area contributed by atoms with Crippen molar-refractivity contribution in [2.75, 3.05) is 13.7 Å². The van der Waals surface area contributed by atoms with Crippen LogP contribution in [0.15, 0.2) is 24.3 Å². The Morgan fingerprint density at radius 1 is 1.24 bits per heavy atom. The summed E-state index contributed by atoms with van der Waals surface area (Å²) in [6, 6.07) is 6.68. The van der Waals surface area contributed by atoms with E-state index in [2.05, 4.69) is 4.74 Å². The Hall–Kier alpha value is -2.17. The van der Waals surface area contributed by atoms with Gasteiger partial charge in [0.15, 0.2) is 5.78 Å². The zero-order valence-electron chi connectivity index (χ0n) is 12.0. The van der Waals surface area contributed by atoms with Gasteiger partial charge in [0, 0.05) is 5.56 Å². The number of benzene rings is 1. The first-order valence-corrected chi connectivity index (χ1v) is 6.97. The lowest BCUT2D eigenvalue weighted by Crippen LogP contribution is -2.20. The molecule has 0 unspecified atom stereocenters. The molecule has 1 aliphatic rings. The lowest BCUT2D eigenvalue weighted by atomic mass is 9.86. The van der Waals surface area contributed by atoms with Gasteiger partial charge in [-0.25, -0.2) is 4.79 Å². The molecule has 1 saturated carbocycles. The van der Waals surface area contributed by atoms with Crippen molar-refractivity contribution < 1.29 is 23.9 Å². The van der Waals surface area contributed by atoms with Gasteiger partial charge in [-0.15, -0.1) is 0 Å². The van der Waals surface area contributed by atoms with Crippen molar-refractivity contribution in [2.45, 2.75) is 25.7 Å². The molecule has 1 aromatic rings. The second-order valence-corrected chi connectivity index (χ2v) is 5.15. The number of esters is 1. The predicted molar refractivity (Wildman–Crippen MR) is 75.2 cm³/mol. The zero-order chi connectivity index (χ0) is 15.2. The summed E-state index contributed by atoms with van der Waals surface area (Å²) in [5.74, 6) is -1.05. The number of carbonyl (C=O) groups excluding carboxylic acids is 3. The maximum absolute atomic E-state index is 11.9. The summed E-state index contributed by atoms with van der Waals surface area (Å²) in [7, 11) is 1.11. The molecule has 1 fully saturated rings. The highest BCUT2D eigenvalue weighted by atomic mass is 16.5. The minimum Gasteiger partial charge on any atom is -0.493 e. The number of carbonyl (C=O) groups is 3. The van der Waals surface area contributed by atoms with Crippen LogP contribution in [0.3, 0.4) is 0 Å². The molecule has 0 spiro atoms. The van der Waals surface area contributed by atoms with Gasteiger partial charge >= 0.3 is 5.97 Å². The van der Waals surface area contributed by atoms with Crippen LogP contribution in [0.5, 0.6) is 5.75 Å². The van der Waals surface area contributed by atoms with Crippen LogP contribution in [0.1, 0.15) is 36.0 Å². The summed E-state index contributed by atoms with van der Waals surface area (Å²) in [6.45, 7) is 0.652. The fraction of sp³-hybridized carbons (Fsp3) is 0.438. The summed E-state index contributed by atoms with van der Waals surface area (Å²) in [4.78, 5) is 34.3. The highest BCUT2D eigenvalue weighted by Crippen LogP contribution is 2.27. The van der Waals surface area contributed by atoms with Crippen LogP contribution in [0.25, 0.3) is 0 Å². The Kier molecular flexibility index (Phi) is 5.09. The van der Waals surface area contributed by atoms with Gasteiger partial charge in [-0.1, -0.05) is 18.6 Å². The number of hydrogen-bond acceptors (Lipinski definition) is 5. The second-order valence-electron chi connectivity index (χ2n) is 5.15. The molecule has 21 heavy (non-hydrogen) atoms. The van der Waals surface area contributed by atoms with Gasteiger partial charge in [-0.3, -0.25) is 9.59 Å². The normalized spacial score (nSPS) is 14.1. The van der Waals surface area contributed by atoms with E-state index in [1.54, 1.807) is 24.3 Å². The van der Waals surface area contributed by atoms with Crippen LogP contribution in [0.2, 0.25) is 0 Å². The first-order chi connectivity index (χ1) is 10.1. The SMILES string of the molecule is COC(=O)C(=O)CC(=O)c1cccc(OCC2CCC2)c1. The van der Waals surface area contributed by atoms with Crippen LogP contribution in [0.4, 0.5) is 0 Å². The summed E-state index contributed by atoms with van der Waals surface area (Å²) >= 11 is 0. The maximum Gasteiger partial charge on any atom is 0.374 e. The number of Topliss-reactive ketones (excluding diaryl/α,β-unsaturated/α-hetero) is 2. The van der Waals surface area contributed by atoms with Gasteiger partial charge in [0.1, 0.15) is 5.75 Å². The average molecular weight is 290 g/mol. The minimum absolute atomic E-state index is 0.360. The van der Waals surface area contributed by atoms with Gasteiger partial charge in [-0.2, -0.15) is 0 Å². The van der Waals surface area contributed by atoms with Crippen molar-refractivity contribution in [3.05, 3.63) is 29.8 Å². The molecule has 0 N–H and O–H groups in total. The summed E-state index contributed by atoms with van der Waals surface area (Å²) in [5, 5.41) is 0. The van der Waals surface area contributed by atoms with Crippen LogP contribution < -0.4 is 4.74 Å². The molecule has 0 radical (unpaired) electrons. The van der Waals surface area contributed by atoms with Gasteiger partial charge in [-0.05, 0) is 30.9 Å². The third-order valence-electron chi connectivity index (χ3n) is 3.60. The van der Waals surface area contributed by atoms with E-state index in [0.717, 1.165) is 7.11 Å². The fourth-order valence-corrected chi connectivity index (χ4v) is 2.07. The molecule has 0 bridgehead atoms. The highest BCUT2D eigenvalue weighted by Gasteiger charge is 2.20. The second kappa shape index (κ2) is 7.02. The van der Waals surface area contributed by atoms with E-state index in [9.17, 15) is 14.4 Å². The number of hydrogen-bond donors (Lipinski definition) is 0. The molecule has 0 aromatic heterocycles. The van der Waals surface area contributed by atoms with Crippen molar-refractivity contribution in [3.8, 4) is 5.75 Å². The standard InChI is InChI=1S/C16H18O5/c1-20-16(19)15(18)9-14(17)12-6-3-7-13(8-12)21-10-11-4-2-5-11/h3,6-8,11H,2,4-5,9-10H2,1H3. The molecular formula is C16H18O5. The van der Waals surface area contributed by atoms with Crippen molar-refractivity contribution in [3.63, 3.8) is 0 Å². The Morgan fingerprint density at radius 3 is 2.62 bits per heavy atom. The monoisotopic (exact) mass is 290 g/mol. The van der Waals surface area contributed by atoms with E-state index in [1.807, 2.05) is 0 Å². The molecule has 0 heterocycles. The lowest BCUT2D eigenvalue weighted by molar-refractivity contribution is -0.151. The lowest BCUT2D eigenvalue weighted by Gasteiger charge is -2.25. The Balaban J connectivity index is 1.93. The van der Waals surface area contributed by atoms with Crippen molar-refractivity contribution in [2.24, 2.45) is 5.92 Å². The third kappa shape index (κ3) is 4.15. The Labute approximate surface area is 123 Å². The molecule has 0 atom stereocenters. The number of ketones is 2. The van der Waals surface area contributed by atoms with E-state index in [4.69, 9.17) is 4.74 Å². The predicted octanol–water partition coefficient (Wildman–Crippen LogP) is 2.18. The van der Waals surface area contributed by atoms with Gasteiger partial charge in [0.2, 0.25) is 5.78 Å². The zero-order valence-corrected chi connectivity index (χ0v) is 12.0. The first kappa shape index (κ1) is 15.2. The highest BCUT2D eigenvalue weighted by molar-refractivity contribution is 6.38. The number of rotatable bonds is 7. The molecule has 5 heteroatoms. The smallest absolute Gasteiger partial charge is 0.374 e. The number of ether oxygens (including phenoxy) is 2. The van der Waals surface area contributed by atoms with Crippen LogP contribution in [-0.2, 0) is 14.3 Å². The van der Waals surface area contributed by atoms with E-state index in [-0.39, 0.29) is 0 Å².